The Balaban J connectivity index is 2.11. The Morgan fingerprint density at radius 3 is 2.68 bits per heavy atom. The topological polar surface area (TPSA) is 55.8 Å². The second-order valence-electron chi connectivity index (χ2n) is 4.85. The largest absolute Gasteiger partial charge is 0.573 e. The SMILES string of the molecule is COC(=O)C1CC(=O)N(Cc2ccccc2OC(F)(F)F)C1. The summed E-state index contributed by atoms with van der Waals surface area (Å²) in [5, 5.41) is 0. The Labute approximate surface area is 124 Å². The van der Waals surface area contributed by atoms with E-state index in [-0.39, 0.29) is 36.7 Å². The van der Waals surface area contributed by atoms with Crippen LogP contribution < -0.4 is 4.74 Å². The van der Waals surface area contributed by atoms with Crippen molar-refractivity contribution in [3.63, 3.8) is 0 Å². The summed E-state index contributed by atoms with van der Waals surface area (Å²) in [4.78, 5) is 24.6. The lowest BCUT2D eigenvalue weighted by Gasteiger charge is -2.19. The molecule has 1 aromatic rings. The average molecular weight is 317 g/mol. The van der Waals surface area contributed by atoms with Gasteiger partial charge in [0.15, 0.2) is 0 Å². The maximum absolute atomic E-state index is 12.4. The lowest BCUT2D eigenvalue weighted by atomic mass is 10.1. The monoisotopic (exact) mass is 317 g/mol. The van der Waals surface area contributed by atoms with Gasteiger partial charge in [-0.15, -0.1) is 13.2 Å². The summed E-state index contributed by atoms with van der Waals surface area (Å²) in [5.74, 6) is -1.76. The highest BCUT2D eigenvalue weighted by Gasteiger charge is 2.36. The first-order valence-corrected chi connectivity index (χ1v) is 6.49. The van der Waals surface area contributed by atoms with Crippen LogP contribution in [-0.2, 0) is 20.9 Å². The number of hydrogen-bond donors (Lipinski definition) is 0. The van der Waals surface area contributed by atoms with Crippen LogP contribution >= 0.6 is 0 Å². The van der Waals surface area contributed by atoms with Crippen molar-refractivity contribution in [2.75, 3.05) is 13.7 Å². The number of esters is 1. The molecule has 1 saturated heterocycles. The summed E-state index contributed by atoms with van der Waals surface area (Å²) in [6.45, 7) is 0.0600. The van der Waals surface area contributed by atoms with Gasteiger partial charge in [-0.25, -0.2) is 0 Å². The zero-order valence-corrected chi connectivity index (χ0v) is 11.7. The van der Waals surface area contributed by atoms with Crippen molar-refractivity contribution < 1.29 is 32.2 Å². The smallest absolute Gasteiger partial charge is 0.469 e. The molecule has 5 nitrogen and oxygen atoms in total. The van der Waals surface area contributed by atoms with E-state index >= 15 is 0 Å². The molecule has 0 radical (unpaired) electrons. The van der Waals surface area contributed by atoms with Crippen molar-refractivity contribution in [3.05, 3.63) is 29.8 Å². The standard InChI is InChI=1S/C14H14F3NO4/c1-21-13(20)10-6-12(19)18(8-10)7-9-4-2-3-5-11(9)22-14(15,16)17/h2-5,10H,6-8H2,1H3. The summed E-state index contributed by atoms with van der Waals surface area (Å²) >= 11 is 0. The highest BCUT2D eigenvalue weighted by molar-refractivity contribution is 5.86. The van der Waals surface area contributed by atoms with Gasteiger partial charge >= 0.3 is 12.3 Å². The molecule has 1 aromatic carbocycles. The van der Waals surface area contributed by atoms with Gasteiger partial charge in [-0.2, -0.15) is 0 Å². The minimum Gasteiger partial charge on any atom is -0.469 e. The fraction of sp³-hybridized carbons (Fsp3) is 0.429. The number of nitrogens with zero attached hydrogens (tertiary/aromatic N) is 1. The predicted molar refractivity (Wildman–Crippen MR) is 68.7 cm³/mol. The Morgan fingerprint density at radius 1 is 1.36 bits per heavy atom. The Kier molecular flexibility index (Phi) is 4.58. The number of rotatable bonds is 4. The van der Waals surface area contributed by atoms with Crippen molar-refractivity contribution >= 4 is 11.9 Å². The number of ether oxygens (including phenoxy) is 2. The molecular weight excluding hydrogens is 303 g/mol. The van der Waals surface area contributed by atoms with Crippen LogP contribution in [0.25, 0.3) is 0 Å². The molecule has 1 heterocycles. The summed E-state index contributed by atoms with van der Waals surface area (Å²) in [6, 6.07) is 5.59. The van der Waals surface area contributed by atoms with Crippen molar-refractivity contribution in [1.82, 2.24) is 4.90 Å². The molecule has 8 heteroatoms. The van der Waals surface area contributed by atoms with Gasteiger partial charge in [0.25, 0.3) is 0 Å². The lowest BCUT2D eigenvalue weighted by molar-refractivity contribution is -0.275. The van der Waals surface area contributed by atoms with Crippen LogP contribution in [0.3, 0.4) is 0 Å². The third-order valence-corrected chi connectivity index (χ3v) is 3.31. The number of hydrogen-bond acceptors (Lipinski definition) is 4. The first-order chi connectivity index (χ1) is 10.3. The normalized spacial score (nSPS) is 18.5. The third kappa shape index (κ3) is 3.90. The highest BCUT2D eigenvalue weighted by atomic mass is 19.4. The van der Waals surface area contributed by atoms with Gasteiger partial charge in [0.1, 0.15) is 5.75 Å². The van der Waals surface area contributed by atoms with Gasteiger partial charge in [0.05, 0.1) is 13.0 Å². The van der Waals surface area contributed by atoms with E-state index in [1.165, 1.54) is 30.2 Å². The van der Waals surface area contributed by atoms with Gasteiger partial charge < -0.3 is 14.4 Å². The number of methoxy groups -OCH3 is 1. The highest BCUT2D eigenvalue weighted by Crippen LogP contribution is 2.29. The minimum absolute atomic E-state index is 0.00499. The molecule has 2 rings (SSSR count). The number of carbonyl (C=O) groups excluding carboxylic acids is 2. The van der Waals surface area contributed by atoms with E-state index in [1.807, 2.05) is 0 Å². The maximum atomic E-state index is 12.4. The van der Waals surface area contributed by atoms with E-state index in [2.05, 4.69) is 9.47 Å². The fourth-order valence-corrected chi connectivity index (χ4v) is 2.31. The molecule has 1 aliphatic heterocycles. The number of carbonyl (C=O) groups is 2. The summed E-state index contributed by atoms with van der Waals surface area (Å²) in [6.07, 6.45) is -4.81. The van der Waals surface area contributed by atoms with Crippen molar-refractivity contribution in [1.29, 1.82) is 0 Å². The van der Waals surface area contributed by atoms with Crippen LogP contribution in [0.5, 0.6) is 5.75 Å². The Morgan fingerprint density at radius 2 is 2.05 bits per heavy atom. The molecule has 1 aliphatic rings. The van der Waals surface area contributed by atoms with Crippen molar-refractivity contribution in [2.24, 2.45) is 5.92 Å². The maximum Gasteiger partial charge on any atom is 0.573 e. The summed E-state index contributed by atoms with van der Waals surface area (Å²) in [7, 11) is 1.22. The summed E-state index contributed by atoms with van der Waals surface area (Å²) < 4.78 is 45.6. The zero-order valence-electron chi connectivity index (χ0n) is 11.7. The molecule has 1 unspecified atom stereocenters. The van der Waals surface area contributed by atoms with Crippen LogP contribution in [0.2, 0.25) is 0 Å². The van der Waals surface area contributed by atoms with E-state index in [0.717, 1.165) is 0 Å². The Bertz CT molecular complexity index is 573. The zero-order chi connectivity index (χ0) is 16.3. The molecule has 0 saturated carbocycles. The van der Waals surface area contributed by atoms with Crippen LogP contribution in [0.15, 0.2) is 24.3 Å². The van der Waals surface area contributed by atoms with Crippen LogP contribution in [0.4, 0.5) is 13.2 Å². The molecule has 0 aromatic heterocycles. The van der Waals surface area contributed by atoms with Crippen LogP contribution in [0.1, 0.15) is 12.0 Å². The van der Waals surface area contributed by atoms with Crippen molar-refractivity contribution in [3.8, 4) is 5.75 Å². The molecule has 1 amide bonds. The van der Waals surface area contributed by atoms with Crippen LogP contribution in [-0.4, -0.2) is 36.8 Å². The van der Waals surface area contributed by atoms with E-state index in [4.69, 9.17) is 0 Å². The number of alkyl halides is 3. The van der Waals surface area contributed by atoms with E-state index in [0.29, 0.717) is 0 Å². The number of benzene rings is 1. The first kappa shape index (κ1) is 16.1. The number of para-hydroxylation sites is 1. The van der Waals surface area contributed by atoms with E-state index in [1.54, 1.807) is 6.07 Å². The molecule has 1 fully saturated rings. The van der Waals surface area contributed by atoms with Crippen molar-refractivity contribution in [2.45, 2.75) is 19.3 Å². The molecule has 0 aliphatic carbocycles. The van der Waals surface area contributed by atoms with E-state index < -0.39 is 18.2 Å². The van der Waals surface area contributed by atoms with Gasteiger partial charge in [-0.1, -0.05) is 18.2 Å². The molecule has 0 spiro atoms. The van der Waals surface area contributed by atoms with Gasteiger partial charge in [-0.3, -0.25) is 9.59 Å². The molecule has 120 valence electrons. The number of likely N-dealkylation sites (tertiary alicyclic amines) is 1. The van der Waals surface area contributed by atoms with Gasteiger partial charge in [-0.05, 0) is 6.07 Å². The fourth-order valence-electron chi connectivity index (χ4n) is 2.31. The van der Waals surface area contributed by atoms with Crippen LogP contribution in [0, 0.1) is 5.92 Å². The van der Waals surface area contributed by atoms with Gasteiger partial charge in [0, 0.05) is 25.1 Å². The molecule has 1 atom stereocenters. The first-order valence-electron chi connectivity index (χ1n) is 6.49. The molecule has 0 bridgehead atoms. The molecule has 22 heavy (non-hydrogen) atoms. The Hall–Kier alpha value is -2.25. The third-order valence-electron chi connectivity index (χ3n) is 3.31. The quantitative estimate of drug-likeness (QED) is 0.798. The number of amides is 1. The number of halogens is 3. The average Bonchev–Trinajstić information content (AvgIpc) is 2.80. The second-order valence-corrected chi connectivity index (χ2v) is 4.85. The lowest BCUT2D eigenvalue weighted by Crippen LogP contribution is -2.27. The minimum atomic E-state index is -4.81. The summed E-state index contributed by atoms with van der Waals surface area (Å²) in [5.41, 5.74) is 0.221. The molecule has 0 N–H and O–H groups in total. The van der Waals surface area contributed by atoms with Gasteiger partial charge in [0.2, 0.25) is 5.91 Å². The second kappa shape index (κ2) is 6.25. The van der Waals surface area contributed by atoms with E-state index in [9.17, 15) is 22.8 Å². The predicted octanol–water partition coefficient (Wildman–Crippen LogP) is 2.11. The molecular formula is C14H14F3NO4.